The van der Waals surface area contributed by atoms with Crippen molar-refractivity contribution in [3.05, 3.63) is 72.6 Å². The molecule has 0 spiro atoms. The molecule has 1 atom stereocenters. The highest BCUT2D eigenvalue weighted by molar-refractivity contribution is 8.19. The van der Waals surface area contributed by atoms with Crippen molar-refractivity contribution in [2.45, 2.75) is 30.4 Å². The van der Waals surface area contributed by atoms with Crippen molar-refractivity contribution in [1.82, 2.24) is 19.2 Å². The highest BCUT2D eigenvalue weighted by Crippen LogP contribution is 2.37. The predicted molar refractivity (Wildman–Crippen MR) is 165 cm³/mol. The summed E-state index contributed by atoms with van der Waals surface area (Å²) in [6.45, 7) is 4.11. The molecule has 1 unspecified atom stereocenters. The maximum atomic E-state index is 13.3. The summed E-state index contributed by atoms with van der Waals surface area (Å²) in [4.78, 5) is 43.7. The number of rotatable bonds is 9. The number of aromatic amines is 1. The molecule has 0 aliphatic carbocycles. The molecule has 0 radical (unpaired) electrons. The summed E-state index contributed by atoms with van der Waals surface area (Å²) >= 11 is 13.3. The van der Waals surface area contributed by atoms with Gasteiger partial charge in [0.1, 0.15) is 4.24 Å². The van der Waals surface area contributed by atoms with Crippen LogP contribution in [0.2, 0.25) is 5.02 Å². The largest absolute Gasteiger partial charge is 0.385 e. The Morgan fingerprint density at radius 2 is 1.85 bits per heavy atom. The van der Waals surface area contributed by atoms with Crippen LogP contribution in [0.5, 0.6) is 0 Å². The summed E-state index contributed by atoms with van der Waals surface area (Å²) in [6, 6.07) is 8.26. The van der Waals surface area contributed by atoms with Crippen LogP contribution in [0.15, 0.2) is 56.3 Å². The van der Waals surface area contributed by atoms with Crippen molar-refractivity contribution in [3.63, 3.8) is 0 Å². The number of benzene rings is 2. The number of fused-ring (bicyclic) bond motifs is 1. The molecule has 15 heteroatoms. The number of likely N-dealkylation sites (tertiary alicyclic amines) is 1. The first-order chi connectivity index (χ1) is 19.6. The number of hydrogen-bond donors (Lipinski definition) is 4. The van der Waals surface area contributed by atoms with Crippen LogP contribution >= 0.6 is 35.0 Å². The van der Waals surface area contributed by atoms with E-state index in [9.17, 15) is 22.8 Å². The number of nitrogens with one attached hydrogen (secondary N) is 4. The molecule has 5 rings (SSSR count). The lowest BCUT2D eigenvalue weighted by Gasteiger charge is -2.15. The molecular formula is C26H28Cl2N6O5S2. The third-order valence-corrected chi connectivity index (χ3v) is 10.4. The molecule has 3 aromatic rings. The molecule has 0 bridgehead atoms. The van der Waals surface area contributed by atoms with Crippen LogP contribution < -0.4 is 26.6 Å². The van der Waals surface area contributed by atoms with E-state index in [0.717, 1.165) is 54.6 Å². The Bertz CT molecular complexity index is 1730. The minimum absolute atomic E-state index is 0.00654. The van der Waals surface area contributed by atoms with Gasteiger partial charge in [-0.2, -0.15) is 0 Å². The third-order valence-electron chi connectivity index (χ3n) is 6.73. The second-order valence-electron chi connectivity index (χ2n) is 9.67. The maximum Gasteiger partial charge on any atom is 0.333 e. The Hall–Kier alpha value is -2.97. The monoisotopic (exact) mass is 638 g/mol. The summed E-state index contributed by atoms with van der Waals surface area (Å²) in [5.74, 6) is 0. The van der Waals surface area contributed by atoms with Gasteiger partial charge in [0.05, 0.1) is 26.3 Å². The molecule has 2 aromatic carbocycles. The molecule has 1 saturated heterocycles. The normalized spacial score (nSPS) is 17.5. The first kappa shape index (κ1) is 29.5. The van der Waals surface area contributed by atoms with E-state index in [4.69, 9.17) is 23.2 Å². The number of urea groups is 1. The number of carbonyl (C=O) groups excluding carboxylic acids is 1. The number of hydrogen-bond acceptors (Lipinski definition) is 8. The molecule has 2 amide bonds. The smallest absolute Gasteiger partial charge is 0.333 e. The number of aromatic nitrogens is 2. The van der Waals surface area contributed by atoms with Crippen molar-refractivity contribution in [2.75, 3.05) is 36.8 Å². The molecular weight excluding hydrogens is 611 g/mol. The van der Waals surface area contributed by atoms with E-state index >= 15 is 0 Å². The van der Waals surface area contributed by atoms with Gasteiger partial charge >= 0.3 is 11.7 Å². The number of H-pyrrole nitrogens is 1. The van der Waals surface area contributed by atoms with E-state index in [2.05, 4.69) is 20.5 Å². The SMILES string of the molecule is O=C(Nc1ccc(-n2c(=O)[nH]c3cc(NCCCN4CCCC4)ccc3c2=O)c(Cl)c1)NS(=O)(=O)C1=CCC(Cl)S1. The molecule has 41 heavy (non-hydrogen) atoms. The van der Waals surface area contributed by atoms with Crippen LogP contribution in [0.1, 0.15) is 25.7 Å². The van der Waals surface area contributed by atoms with Gasteiger partial charge in [-0.3, -0.25) is 4.79 Å². The van der Waals surface area contributed by atoms with E-state index in [-0.39, 0.29) is 20.6 Å². The number of sulfonamides is 1. The van der Waals surface area contributed by atoms with Crippen LogP contribution in [0.4, 0.5) is 16.2 Å². The third kappa shape index (κ3) is 6.92. The van der Waals surface area contributed by atoms with Crippen molar-refractivity contribution >= 4 is 73.3 Å². The van der Waals surface area contributed by atoms with Gasteiger partial charge in [0.15, 0.2) is 0 Å². The van der Waals surface area contributed by atoms with Crippen molar-refractivity contribution in [3.8, 4) is 5.69 Å². The number of amides is 2. The fraction of sp³-hybridized carbons (Fsp3) is 0.346. The van der Waals surface area contributed by atoms with E-state index in [1.54, 1.807) is 18.2 Å². The molecule has 0 saturated carbocycles. The number of halogens is 2. The van der Waals surface area contributed by atoms with Gasteiger partial charge in [-0.15, -0.1) is 11.6 Å². The highest BCUT2D eigenvalue weighted by atomic mass is 35.5. The van der Waals surface area contributed by atoms with Gasteiger partial charge in [-0.05, 0) is 81.7 Å². The van der Waals surface area contributed by atoms with Gasteiger partial charge in [0.2, 0.25) is 0 Å². The topological polar surface area (TPSA) is 145 Å². The zero-order valence-electron chi connectivity index (χ0n) is 21.8. The lowest BCUT2D eigenvalue weighted by Crippen LogP contribution is -2.35. The van der Waals surface area contributed by atoms with Gasteiger partial charge in [-0.1, -0.05) is 29.4 Å². The number of anilines is 2. The van der Waals surface area contributed by atoms with E-state index in [0.29, 0.717) is 17.3 Å². The second kappa shape index (κ2) is 12.5. The Morgan fingerprint density at radius 3 is 2.56 bits per heavy atom. The fourth-order valence-corrected chi connectivity index (χ4v) is 7.90. The first-order valence-corrected chi connectivity index (χ1v) is 16.2. The number of thioether (sulfide) groups is 1. The number of carbonyl (C=O) groups is 1. The zero-order chi connectivity index (χ0) is 29.1. The summed E-state index contributed by atoms with van der Waals surface area (Å²) in [5.41, 5.74) is 0.203. The van der Waals surface area contributed by atoms with E-state index in [1.165, 1.54) is 37.1 Å². The standard InChI is InChI=1S/C26H28Cl2N6O5S2/c27-19-14-17(30-25(36)32-41(38,39)23-9-8-22(28)40-23)5-7-21(19)34-24(35)18-6-4-16(15-20(18)31-26(34)37)29-10-3-13-33-11-1-2-12-33/h4-7,9,14-15,22,29H,1-3,8,10-13H2,(H,31,37)(H2,30,32,36). The zero-order valence-corrected chi connectivity index (χ0v) is 24.9. The Morgan fingerprint density at radius 1 is 1.10 bits per heavy atom. The highest BCUT2D eigenvalue weighted by Gasteiger charge is 2.28. The summed E-state index contributed by atoms with van der Waals surface area (Å²) in [5, 5.41) is 6.02. The Balaban J connectivity index is 1.28. The van der Waals surface area contributed by atoms with E-state index in [1.807, 2.05) is 4.72 Å². The summed E-state index contributed by atoms with van der Waals surface area (Å²) in [6.07, 6.45) is 5.31. The molecule has 2 aliphatic rings. The van der Waals surface area contributed by atoms with Crippen LogP contribution in [-0.4, -0.2) is 59.8 Å². The maximum absolute atomic E-state index is 13.3. The van der Waals surface area contributed by atoms with Gasteiger partial charge in [-0.25, -0.2) is 27.3 Å². The van der Waals surface area contributed by atoms with Crippen molar-refractivity contribution in [1.29, 1.82) is 0 Å². The lowest BCUT2D eigenvalue weighted by atomic mass is 10.2. The molecule has 1 fully saturated rings. The fourth-order valence-electron chi connectivity index (χ4n) is 4.77. The molecule has 4 N–H and O–H groups in total. The van der Waals surface area contributed by atoms with Crippen LogP contribution in [0, 0.1) is 0 Å². The van der Waals surface area contributed by atoms with Gasteiger partial charge < -0.3 is 20.5 Å². The molecule has 11 nitrogen and oxygen atoms in total. The average Bonchev–Trinajstić information content (AvgIpc) is 3.59. The molecule has 218 valence electrons. The predicted octanol–water partition coefficient (Wildman–Crippen LogP) is 4.22. The Labute approximate surface area is 250 Å². The minimum Gasteiger partial charge on any atom is -0.385 e. The van der Waals surface area contributed by atoms with E-state index < -0.39 is 32.0 Å². The quantitative estimate of drug-likeness (QED) is 0.201. The van der Waals surface area contributed by atoms with Gasteiger partial charge in [0.25, 0.3) is 15.6 Å². The summed E-state index contributed by atoms with van der Waals surface area (Å²) in [7, 11) is -4.07. The number of allylic oxidation sites excluding steroid dienone is 1. The molecule has 3 heterocycles. The molecule has 2 aliphatic heterocycles. The van der Waals surface area contributed by atoms with Crippen LogP contribution in [-0.2, 0) is 10.0 Å². The van der Waals surface area contributed by atoms with Crippen LogP contribution in [0.3, 0.4) is 0 Å². The van der Waals surface area contributed by atoms with Gasteiger partial charge in [0, 0.05) is 17.9 Å². The lowest BCUT2D eigenvalue weighted by molar-refractivity contribution is 0.256. The number of alkyl halides is 1. The second-order valence-corrected chi connectivity index (χ2v) is 14.0. The first-order valence-electron chi connectivity index (χ1n) is 13.0. The minimum atomic E-state index is -4.07. The Kier molecular flexibility index (Phi) is 9.00. The van der Waals surface area contributed by atoms with Crippen LogP contribution in [0.25, 0.3) is 16.6 Å². The van der Waals surface area contributed by atoms with Crippen molar-refractivity contribution in [2.24, 2.45) is 0 Å². The molecule has 1 aromatic heterocycles. The van der Waals surface area contributed by atoms with Crippen molar-refractivity contribution < 1.29 is 13.2 Å². The number of nitrogens with zero attached hydrogens (tertiary/aromatic N) is 2. The summed E-state index contributed by atoms with van der Waals surface area (Å²) < 4.78 is 27.1. The average molecular weight is 640 g/mol.